The van der Waals surface area contributed by atoms with Gasteiger partial charge in [-0.1, -0.05) is 12.8 Å². The van der Waals surface area contributed by atoms with Crippen LogP contribution in [0.15, 0.2) is 15.7 Å². The van der Waals surface area contributed by atoms with Crippen molar-refractivity contribution in [2.45, 2.75) is 65.6 Å². The molecule has 3 aromatic heterocycles. The molecule has 0 radical (unpaired) electrons. The highest BCUT2D eigenvalue weighted by atomic mass is 16.2. The number of nitrogens with zero attached hydrogens (tertiary/aromatic N) is 5. The highest BCUT2D eigenvalue weighted by Gasteiger charge is 2.25. The second kappa shape index (κ2) is 6.26. The summed E-state index contributed by atoms with van der Waals surface area (Å²) in [7, 11) is 0. The van der Waals surface area contributed by atoms with Crippen LogP contribution in [-0.2, 0) is 13.1 Å². The Bertz CT molecular complexity index is 1080. The topological polar surface area (TPSA) is 90.5 Å². The predicted octanol–water partition coefficient (Wildman–Crippen LogP) is 2.21. The standard InChI is InChI=1S/C18H24N6O2/c1-4-22-14-16(23(5-2)18(26)20-17(14)25)19-15(22)13-10-11(3)21-24(13)12-8-6-7-9-12/h10,12H,4-9H2,1-3H3,(H,20,25,26). The number of aromatic amines is 1. The van der Waals surface area contributed by atoms with Crippen LogP contribution in [0.2, 0.25) is 0 Å². The minimum absolute atomic E-state index is 0.371. The summed E-state index contributed by atoms with van der Waals surface area (Å²) in [6.07, 6.45) is 4.64. The maximum absolute atomic E-state index is 12.5. The van der Waals surface area contributed by atoms with Gasteiger partial charge in [-0.15, -0.1) is 0 Å². The van der Waals surface area contributed by atoms with Gasteiger partial charge in [-0.25, -0.2) is 9.78 Å². The van der Waals surface area contributed by atoms with E-state index in [1.54, 1.807) is 0 Å². The first-order valence-corrected chi connectivity index (χ1v) is 9.35. The van der Waals surface area contributed by atoms with Gasteiger partial charge >= 0.3 is 5.69 Å². The third kappa shape index (κ3) is 2.43. The summed E-state index contributed by atoms with van der Waals surface area (Å²) >= 11 is 0. The zero-order valence-corrected chi connectivity index (χ0v) is 15.4. The third-order valence-electron chi connectivity index (χ3n) is 5.28. The molecule has 1 N–H and O–H groups in total. The zero-order valence-electron chi connectivity index (χ0n) is 15.4. The number of aryl methyl sites for hydroxylation is 3. The molecule has 0 aromatic carbocycles. The SMILES string of the molecule is CCn1c(-c2cc(C)nn2C2CCCC2)nc2c1c(=O)[nH]c(=O)n2CC. The largest absolute Gasteiger partial charge is 0.330 e. The predicted molar refractivity (Wildman–Crippen MR) is 99.4 cm³/mol. The van der Waals surface area contributed by atoms with E-state index >= 15 is 0 Å². The number of hydrogen-bond donors (Lipinski definition) is 1. The van der Waals surface area contributed by atoms with Crippen molar-refractivity contribution in [3.63, 3.8) is 0 Å². The van der Waals surface area contributed by atoms with Gasteiger partial charge in [-0.3, -0.25) is 19.0 Å². The van der Waals surface area contributed by atoms with Gasteiger partial charge in [0, 0.05) is 13.1 Å². The normalized spacial score (nSPS) is 15.3. The fraction of sp³-hybridized carbons (Fsp3) is 0.556. The molecule has 0 saturated heterocycles. The maximum atomic E-state index is 12.5. The second-order valence-electron chi connectivity index (χ2n) is 6.91. The van der Waals surface area contributed by atoms with E-state index in [9.17, 15) is 9.59 Å². The van der Waals surface area contributed by atoms with Gasteiger partial charge in [0.1, 0.15) is 5.69 Å². The number of rotatable bonds is 4. The lowest BCUT2D eigenvalue weighted by atomic mass is 10.2. The Morgan fingerprint density at radius 3 is 2.50 bits per heavy atom. The molecule has 3 heterocycles. The molecule has 0 spiro atoms. The van der Waals surface area contributed by atoms with Crippen LogP contribution in [0.1, 0.15) is 51.3 Å². The Morgan fingerprint density at radius 2 is 1.85 bits per heavy atom. The van der Waals surface area contributed by atoms with Crippen LogP contribution in [-0.4, -0.2) is 28.9 Å². The van der Waals surface area contributed by atoms with Crippen LogP contribution in [0.4, 0.5) is 0 Å². The average Bonchev–Trinajstić information content (AvgIpc) is 3.31. The van der Waals surface area contributed by atoms with Crippen molar-refractivity contribution < 1.29 is 0 Å². The van der Waals surface area contributed by atoms with Crippen molar-refractivity contribution in [1.82, 2.24) is 28.9 Å². The molecule has 0 bridgehead atoms. The van der Waals surface area contributed by atoms with Gasteiger partial charge in [-0.2, -0.15) is 5.10 Å². The molecular formula is C18H24N6O2. The van der Waals surface area contributed by atoms with E-state index in [0.717, 1.165) is 24.2 Å². The molecule has 1 aliphatic rings. The molecule has 138 valence electrons. The summed E-state index contributed by atoms with van der Waals surface area (Å²) in [5.74, 6) is 0.702. The van der Waals surface area contributed by atoms with E-state index in [0.29, 0.717) is 36.1 Å². The van der Waals surface area contributed by atoms with Crippen LogP contribution in [0, 0.1) is 6.92 Å². The van der Waals surface area contributed by atoms with Crippen LogP contribution in [0.5, 0.6) is 0 Å². The first-order chi connectivity index (χ1) is 12.5. The van der Waals surface area contributed by atoms with Crippen LogP contribution in [0.3, 0.4) is 0 Å². The molecule has 0 unspecified atom stereocenters. The van der Waals surface area contributed by atoms with E-state index in [1.807, 2.05) is 31.4 Å². The van der Waals surface area contributed by atoms with Crippen molar-refractivity contribution in [2.75, 3.05) is 0 Å². The van der Waals surface area contributed by atoms with Crippen molar-refractivity contribution in [3.05, 3.63) is 32.6 Å². The number of imidazole rings is 1. The summed E-state index contributed by atoms with van der Waals surface area (Å²) in [6, 6.07) is 2.39. The minimum Gasteiger partial charge on any atom is -0.317 e. The van der Waals surface area contributed by atoms with E-state index in [2.05, 4.69) is 9.67 Å². The first kappa shape index (κ1) is 16.8. The number of H-pyrrole nitrogens is 1. The quantitative estimate of drug-likeness (QED) is 0.776. The van der Waals surface area contributed by atoms with Gasteiger partial charge in [-0.05, 0) is 39.7 Å². The Labute approximate surface area is 150 Å². The molecule has 0 aliphatic heterocycles. The lowest BCUT2D eigenvalue weighted by Gasteiger charge is -2.14. The number of aromatic nitrogens is 6. The molecule has 1 fully saturated rings. The highest BCUT2D eigenvalue weighted by molar-refractivity contribution is 5.76. The summed E-state index contributed by atoms with van der Waals surface area (Å²) in [5, 5.41) is 4.71. The van der Waals surface area contributed by atoms with E-state index in [-0.39, 0.29) is 5.56 Å². The smallest absolute Gasteiger partial charge is 0.317 e. The summed E-state index contributed by atoms with van der Waals surface area (Å²) < 4.78 is 5.47. The molecule has 3 aromatic rings. The molecule has 4 rings (SSSR count). The number of nitrogens with one attached hydrogen (secondary N) is 1. The van der Waals surface area contributed by atoms with Gasteiger partial charge < -0.3 is 4.57 Å². The molecule has 8 heteroatoms. The lowest BCUT2D eigenvalue weighted by molar-refractivity contribution is 0.467. The Morgan fingerprint density at radius 1 is 1.15 bits per heavy atom. The average molecular weight is 356 g/mol. The Hall–Kier alpha value is -2.64. The van der Waals surface area contributed by atoms with Crippen molar-refractivity contribution in [1.29, 1.82) is 0 Å². The van der Waals surface area contributed by atoms with Crippen molar-refractivity contribution in [3.8, 4) is 11.5 Å². The van der Waals surface area contributed by atoms with E-state index in [4.69, 9.17) is 10.1 Å². The van der Waals surface area contributed by atoms with E-state index in [1.165, 1.54) is 17.4 Å². The summed E-state index contributed by atoms with van der Waals surface area (Å²) in [4.78, 5) is 31.8. The fourth-order valence-corrected chi connectivity index (χ4v) is 4.08. The molecular weight excluding hydrogens is 332 g/mol. The van der Waals surface area contributed by atoms with Crippen molar-refractivity contribution in [2.24, 2.45) is 0 Å². The molecule has 26 heavy (non-hydrogen) atoms. The summed E-state index contributed by atoms with van der Waals surface area (Å²) in [6.45, 7) is 6.87. The van der Waals surface area contributed by atoms with Crippen LogP contribution < -0.4 is 11.2 Å². The molecule has 1 aliphatic carbocycles. The zero-order chi connectivity index (χ0) is 18.4. The van der Waals surface area contributed by atoms with E-state index < -0.39 is 5.69 Å². The fourth-order valence-electron chi connectivity index (χ4n) is 4.08. The maximum Gasteiger partial charge on any atom is 0.330 e. The number of hydrogen-bond acceptors (Lipinski definition) is 4. The van der Waals surface area contributed by atoms with Crippen molar-refractivity contribution >= 4 is 11.2 Å². The summed E-state index contributed by atoms with van der Waals surface area (Å²) in [5.41, 5.74) is 1.93. The Kier molecular flexibility index (Phi) is 4.05. The van der Waals surface area contributed by atoms with Gasteiger partial charge in [0.2, 0.25) is 0 Å². The van der Waals surface area contributed by atoms with Gasteiger partial charge in [0.25, 0.3) is 5.56 Å². The lowest BCUT2D eigenvalue weighted by Crippen LogP contribution is -2.30. The van der Waals surface area contributed by atoms with Gasteiger partial charge in [0.15, 0.2) is 17.0 Å². The third-order valence-corrected chi connectivity index (χ3v) is 5.28. The molecule has 0 atom stereocenters. The van der Waals surface area contributed by atoms with Gasteiger partial charge in [0.05, 0.1) is 11.7 Å². The monoisotopic (exact) mass is 356 g/mol. The molecule has 1 saturated carbocycles. The van der Waals surface area contributed by atoms with Crippen LogP contribution >= 0.6 is 0 Å². The minimum atomic E-state index is -0.419. The second-order valence-corrected chi connectivity index (χ2v) is 6.91. The first-order valence-electron chi connectivity index (χ1n) is 9.35. The Balaban J connectivity index is 2.03. The molecule has 0 amide bonds. The highest BCUT2D eigenvalue weighted by Crippen LogP contribution is 2.34. The number of fused-ring (bicyclic) bond motifs is 1. The molecule has 8 nitrogen and oxygen atoms in total. The van der Waals surface area contributed by atoms with Crippen LogP contribution in [0.25, 0.3) is 22.7 Å².